The first kappa shape index (κ1) is 12.2. The number of amides is 2. The van der Waals surface area contributed by atoms with E-state index in [2.05, 4.69) is 5.32 Å². The van der Waals surface area contributed by atoms with Crippen molar-refractivity contribution in [1.82, 2.24) is 10.2 Å². The average molecular weight is 250 g/mol. The number of likely N-dealkylation sites (tertiary alicyclic amines) is 1. The third kappa shape index (κ3) is 2.30. The van der Waals surface area contributed by atoms with E-state index in [4.69, 9.17) is 0 Å². The van der Waals surface area contributed by atoms with Crippen molar-refractivity contribution >= 4 is 11.8 Å². The lowest BCUT2D eigenvalue weighted by atomic mass is 9.97. The van der Waals surface area contributed by atoms with Crippen LogP contribution in [-0.2, 0) is 9.59 Å². The first-order valence-corrected chi connectivity index (χ1v) is 7.28. The Morgan fingerprint density at radius 2 is 1.83 bits per heavy atom. The number of nitrogens with zero attached hydrogens (tertiary/aromatic N) is 1. The maximum atomic E-state index is 12.0. The molecular formula is C14H22N2O2. The van der Waals surface area contributed by atoms with Gasteiger partial charge in [0, 0.05) is 6.54 Å². The van der Waals surface area contributed by atoms with Crippen molar-refractivity contribution in [1.29, 1.82) is 0 Å². The van der Waals surface area contributed by atoms with Crippen LogP contribution in [-0.4, -0.2) is 35.8 Å². The normalized spacial score (nSPS) is 28.6. The molecule has 3 fully saturated rings. The molecule has 100 valence electrons. The predicted molar refractivity (Wildman–Crippen MR) is 67.7 cm³/mol. The SMILES string of the molecule is CCN1C(=O)CC(NCC(C2CC2)C2CC2)C1=O. The molecule has 1 unspecified atom stereocenters. The molecule has 0 aromatic rings. The number of rotatable bonds is 6. The third-order valence-corrected chi connectivity index (χ3v) is 4.62. The topological polar surface area (TPSA) is 49.4 Å². The molecule has 0 radical (unpaired) electrons. The van der Waals surface area contributed by atoms with Gasteiger partial charge in [-0.3, -0.25) is 14.5 Å². The smallest absolute Gasteiger partial charge is 0.246 e. The highest BCUT2D eigenvalue weighted by Crippen LogP contribution is 2.48. The zero-order valence-corrected chi connectivity index (χ0v) is 11.0. The van der Waals surface area contributed by atoms with E-state index in [9.17, 15) is 9.59 Å². The van der Waals surface area contributed by atoms with Crippen molar-refractivity contribution in [3.05, 3.63) is 0 Å². The summed E-state index contributed by atoms with van der Waals surface area (Å²) in [5, 5.41) is 3.36. The second kappa shape index (κ2) is 4.65. The summed E-state index contributed by atoms with van der Waals surface area (Å²) in [5.41, 5.74) is 0. The van der Waals surface area contributed by atoms with Gasteiger partial charge in [0.1, 0.15) is 0 Å². The lowest BCUT2D eigenvalue weighted by Crippen LogP contribution is -2.41. The number of imide groups is 1. The van der Waals surface area contributed by atoms with Gasteiger partial charge in [0.2, 0.25) is 11.8 Å². The molecule has 1 heterocycles. The second-order valence-electron chi connectivity index (χ2n) is 5.98. The van der Waals surface area contributed by atoms with Crippen molar-refractivity contribution < 1.29 is 9.59 Å². The molecule has 4 nitrogen and oxygen atoms in total. The van der Waals surface area contributed by atoms with Crippen LogP contribution >= 0.6 is 0 Å². The second-order valence-corrected chi connectivity index (χ2v) is 5.98. The maximum Gasteiger partial charge on any atom is 0.246 e. The Balaban J connectivity index is 1.53. The van der Waals surface area contributed by atoms with Gasteiger partial charge in [0.05, 0.1) is 12.5 Å². The molecule has 2 aliphatic carbocycles. The van der Waals surface area contributed by atoms with Gasteiger partial charge in [-0.25, -0.2) is 0 Å². The highest BCUT2D eigenvalue weighted by atomic mass is 16.2. The highest BCUT2D eigenvalue weighted by Gasteiger charge is 2.43. The number of likely N-dealkylation sites (N-methyl/N-ethyl adjacent to an activating group) is 1. The van der Waals surface area contributed by atoms with E-state index >= 15 is 0 Å². The van der Waals surface area contributed by atoms with Crippen LogP contribution in [0.25, 0.3) is 0 Å². The summed E-state index contributed by atoms with van der Waals surface area (Å²) < 4.78 is 0. The fourth-order valence-electron chi connectivity index (χ4n) is 3.22. The van der Waals surface area contributed by atoms with Crippen molar-refractivity contribution in [2.75, 3.05) is 13.1 Å². The van der Waals surface area contributed by atoms with Crippen molar-refractivity contribution in [2.45, 2.75) is 45.1 Å². The molecule has 1 atom stereocenters. The van der Waals surface area contributed by atoms with Crippen LogP contribution in [0.15, 0.2) is 0 Å². The van der Waals surface area contributed by atoms with Crippen LogP contribution < -0.4 is 5.32 Å². The lowest BCUT2D eigenvalue weighted by molar-refractivity contribution is -0.138. The van der Waals surface area contributed by atoms with Gasteiger partial charge in [0.25, 0.3) is 0 Å². The largest absolute Gasteiger partial charge is 0.305 e. The fourth-order valence-corrected chi connectivity index (χ4v) is 3.22. The van der Waals surface area contributed by atoms with Crippen LogP contribution in [0, 0.1) is 17.8 Å². The van der Waals surface area contributed by atoms with Gasteiger partial charge in [-0.1, -0.05) is 0 Å². The zero-order chi connectivity index (χ0) is 12.7. The minimum atomic E-state index is -0.252. The van der Waals surface area contributed by atoms with Crippen molar-refractivity contribution in [3.8, 4) is 0 Å². The van der Waals surface area contributed by atoms with Crippen LogP contribution in [0.2, 0.25) is 0 Å². The summed E-state index contributed by atoms with van der Waals surface area (Å²) in [7, 11) is 0. The molecule has 2 amide bonds. The Bertz CT molecular complexity index is 349. The van der Waals surface area contributed by atoms with Gasteiger partial charge < -0.3 is 5.32 Å². The zero-order valence-electron chi connectivity index (χ0n) is 11.0. The van der Waals surface area contributed by atoms with Crippen LogP contribution in [0.5, 0.6) is 0 Å². The number of hydrogen-bond donors (Lipinski definition) is 1. The predicted octanol–water partition coefficient (Wildman–Crippen LogP) is 1.16. The van der Waals surface area contributed by atoms with Crippen LogP contribution in [0.4, 0.5) is 0 Å². The Labute approximate surface area is 108 Å². The van der Waals surface area contributed by atoms with Gasteiger partial charge in [0.15, 0.2) is 0 Å². The third-order valence-electron chi connectivity index (χ3n) is 4.62. The van der Waals surface area contributed by atoms with Crippen molar-refractivity contribution in [2.24, 2.45) is 17.8 Å². The molecule has 0 bridgehead atoms. The summed E-state index contributed by atoms with van der Waals surface area (Å²) in [6.07, 6.45) is 5.81. The molecule has 1 aliphatic heterocycles. The average Bonchev–Trinajstić information content (AvgIpc) is 3.22. The summed E-state index contributed by atoms with van der Waals surface area (Å²) in [6.45, 7) is 3.29. The Kier molecular flexibility index (Phi) is 3.14. The summed E-state index contributed by atoms with van der Waals surface area (Å²) >= 11 is 0. The van der Waals surface area contributed by atoms with Gasteiger partial charge in [-0.2, -0.15) is 0 Å². The van der Waals surface area contributed by atoms with Gasteiger partial charge in [-0.05, 0) is 56.9 Å². The molecule has 0 aromatic carbocycles. The quantitative estimate of drug-likeness (QED) is 0.720. The standard InChI is InChI=1S/C14H22N2O2/c1-2-16-13(17)7-12(14(16)18)15-8-11(9-3-4-9)10-5-6-10/h9-12,15H,2-8H2,1H3. The molecule has 2 saturated carbocycles. The molecule has 3 rings (SSSR count). The van der Waals surface area contributed by atoms with Crippen molar-refractivity contribution in [3.63, 3.8) is 0 Å². The molecule has 18 heavy (non-hydrogen) atoms. The van der Waals surface area contributed by atoms with Crippen LogP contribution in [0.1, 0.15) is 39.0 Å². The summed E-state index contributed by atoms with van der Waals surface area (Å²) in [5.74, 6) is 2.49. The molecule has 4 heteroatoms. The Morgan fingerprint density at radius 3 is 2.28 bits per heavy atom. The highest BCUT2D eigenvalue weighted by molar-refractivity contribution is 6.05. The summed E-state index contributed by atoms with van der Waals surface area (Å²) in [4.78, 5) is 25.0. The monoisotopic (exact) mass is 250 g/mol. The number of nitrogens with one attached hydrogen (secondary N) is 1. The number of carbonyl (C=O) groups is 2. The number of hydrogen-bond acceptors (Lipinski definition) is 3. The molecular weight excluding hydrogens is 228 g/mol. The maximum absolute atomic E-state index is 12.0. The van der Waals surface area contributed by atoms with E-state index in [-0.39, 0.29) is 17.9 Å². The first-order chi connectivity index (χ1) is 8.70. The van der Waals surface area contributed by atoms with E-state index in [1.54, 1.807) is 0 Å². The first-order valence-electron chi connectivity index (χ1n) is 7.28. The van der Waals surface area contributed by atoms with E-state index in [0.717, 1.165) is 24.3 Å². The molecule has 3 aliphatic rings. The summed E-state index contributed by atoms with van der Waals surface area (Å²) in [6, 6.07) is -0.252. The molecule has 0 aromatic heterocycles. The number of carbonyl (C=O) groups excluding carboxylic acids is 2. The van der Waals surface area contributed by atoms with E-state index in [1.165, 1.54) is 30.6 Å². The van der Waals surface area contributed by atoms with Crippen LogP contribution in [0.3, 0.4) is 0 Å². The molecule has 1 saturated heterocycles. The van der Waals surface area contributed by atoms with Gasteiger partial charge in [-0.15, -0.1) is 0 Å². The minimum Gasteiger partial charge on any atom is -0.305 e. The lowest BCUT2D eigenvalue weighted by Gasteiger charge is -2.19. The molecule has 0 spiro atoms. The fraction of sp³-hybridized carbons (Fsp3) is 0.857. The van der Waals surface area contributed by atoms with E-state index < -0.39 is 0 Å². The van der Waals surface area contributed by atoms with E-state index in [1.807, 2.05) is 6.92 Å². The minimum absolute atomic E-state index is 0.0191. The Hall–Kier alpha value is -0.900. The Morgan fingerprint density at radius 1 is 1.22 bits per heavy atom. The van der Waals surface area contributed by atoms with E-state index in [0.29, 0.717) is 13.0 Å². The molecule has 1 N–H and O–H groups in total. The van der Waals surface area contributed by atoms with Gasteiger partial charge >= 0.3 is 0 Å².